The van der Waals surface area contributed by atoms with Crippen molar-refractivity contribution in [2.24, 2.45) is 15.9 Å². The molecule has 0 aliphatic carbocycles. The summed E-state index contributed by atoms with van der Waals surface area (Å²) in [4.78, 5) is 6.50. The molecule has 0 aliphatic heterocycles. The van der Waals surface area contributed by atoms with Gasteiger partial charge in [0.25, 0.3) is 0 Å². The quantitative estimate of drug-likeness (QED) is 0.0533. The molecule has 0 atom stereocenters. The third-order valence-electron chi connectivity index (χ3n) is 4.71. The molecule has 1 N–H and O–H groups in total. The minimum atomic E-state index is -0.150. The lowest BCUT2D eigenvalue weighted by Gasteiger charge is -2.25. The molecule has 6 heteroatoms. The Balaban J connectivity index is -0.000000177. The fourth-order valence-electron chi connectivity index (χ4n) is 2.85. The zero-order chi connectivity index (χ0) is 33.5. The summed E-state index contributed by atoms with van der Waals surface area (Å²) in [5.41, 5.74) is -0.150. The normalized spacial score (nSPS) is 10.7. The summed E-state index contributed by atoms with van der Waals surface area (Å²) in [6.45, 7) is 33.8. The lowest BCUT2D eigenvalue weighted by molar-refractivity contribution is -0.0296. The van der Waals surface area contributed by atoms with Gasteiger partial charge in [0, 0.05) is 27.3 Å². The zero-order valence-electron chi connectivity index (χ0n) is 29.0. The van der Waals surface area contributed by atoms with Gasteiger partial charge in [-0.2, -0.15) is 0 Å². The molecule has 42 heavy (non-hydrogen) atoms. The minimum absolute atomic E-state index is 0.150. The third kappa shape index (κ3) is 57.3. The molecule has 0 aromatic heterocycles. The fraction of sp³-hybridized carbons (Fsp3) is 0.611. The Bertz CT molecular complexity index is 678. The highest BCUT2D eigenvalue weighted by atomic mass is 16.5. The van der Waals surface area contributed by atoms with Crippen molar-refractivity contribution >= 4 is 13.4 Å². The van der Waals surface area contributed by atoms with Gasteiger partial charge in [-0.05, 0) is 111 Å². The molecule has 0 aliphatic rings. The number of hydrogen-bond donors (Lipinski definition) is 1. The van der Waals surface area contributed by atoms with E-state index in [0.29, 0.717) is 6.61 Å². The molecule has 0 rings (SSSR count). The van der Waals surface area contributed by atoms with Gasteiger partial charge in [-0.3, -0.25) is 0 Å². The average molecular weight is 593 g/mol. The molecule has 0 bridgehead atoms. The van der Waals surface area contributed by atoms with Crippen LogP contribution in [0.1, 0.15) is 93.4 Å². The number of aliphatic hydroxyl groups excluding tert-OH is 1. The summed E-state index contributed by atoms with van der Waals surface area (Å²) in [5, 5.41) is 8.82. The van der Waals surface area contributed by atoms with Crippen LogP contribution in [-0.2, 0) is 14.2 Å². The van der Waals surface area contributed by atoms with Crippen molar-refractivity contribution in [1.82, 2.24) is 0 Å². The lowest BCUT2D eigenvalue weighted by Crippen LogP contribution is -2.25. The van der Waals surface area contributed by atoms with Crippen LogP contribution in [0.2, 0.25) is 0 Å². The van der Waals surface area contributed by atoms with Gasteiger partial charge in [0.15, 0.2) is 0 Å². The van der Waals surface area contributed by atoms with Crippen molar-refractivity contribution in [1.29, 1.82) is 0 Å². The van der Waals surface area contributed by atoms with E-state index >= 15 is 0 Å². The van der Waals surface area contributed by atoms with Crippen LogP contribution in [0.25, 0.3) is 0 Å². The van der Waals surface area contributed by atoms with E-state index in [9.17, 15) is 0 Å². The van der Waals surface area contributed by atoms with Crippen LogP contribution in [0.15, 0.2) is 83.8 Å². The molecule has 0 saturated carbocycles. The summed E-state index contributed by atoms with van der Waals surface area (Å²) in [5.74, 6) is 2.61. The molecule has 0 amide bonds. The predicted molar refractivity (Wildman–Crippen MR) is 190 cm³/mol. The molecular formula is C36H68N2O4. The smallest absolute Gasteiger partial charge is 0.118 e. The van der Waals surface area contributed by atoms with E-state index in [0.717, 1.165) is 62.8 Å². The highest BCUT2D eigenvalue weighted by Crippen LogP contribution is 2.17. The maximum Gasteiger partial charge on any atom is 0.118 e. The average Bonchev–Trinajstić information content (AvgIpc) is 2.91. The fourth-order valence-corrected chi connectivity index (χ4v) is 2.85. The lowest BCUT2D eigenvalue weighted by atomic mass is 10.0. The van der Waals surface area contributed by atoms with E-state index in [2.05, 4.69) is 70.9 Å². The first-order valence-electron chi connectivity index (χ1n) is 15.0. The van der Waals surface area contributed by atoms with Crippen LogP contribution in [0.3, 0.4) is 0 Å². The van der Waals surface area contributed by atoms with Gasteiger partial charge in [0.05, 0.1) is 24.6 Å². The number of nitrogens with zero attached hydrogens (tertiary/aromatic N) is 2. The molecule has 0 radical (unpaired) electrons. The first-order chi connectivity index (χ1) is 20.0. The highest BCUT2D eigenvalue weighted by Gasteiger charge is 2.16. The van der Waals surface area contributed by atoms with Gasteiger partial charge in [0.2, 0.25) is 0 Å². The van der Waals surface area contributed by atoms with Crippen LogP contribution in [0.4, 0.5) is 0 Å². The molecule has 0 saturated heterocycles. The number of hydrogen-bond acceptors (Lipinski definition) is 6. The van der Waals surface area contributed by atoms with Crippen LogP contribution in [-0.4, -0.2) is 64.7 Å². The van der Waals surface area contributed by atoms with E-state index in [4.69, 9.17) is 19.3 Å². The van der Waals surface area contributed by atoms with Crippen LogP contribution in [0.5, 0.6) is 0 Å². The largest absolute Gasteiger partial charge is 0.498 e. The number of rotatable bonds is 19. The second kappa shape index (κ2) is 42.8. The van der Waals surface area contributed by atoms with Crippen molar-refractivity contribution in [3.63, 3.8) is 0 Å². The van der Waals surface area contributed by atoms with Gasteiger partial charge in [0.1, 0.15) is 5.76 Å². The second-order valence-corrected chi connectivity index (χ2v) is 10.1. The van der Waals surface area contributed by atoms with Crippen LogP contribution >= 0.6 is 0 Å². The van der Waals surface area contributed by atoms with E-state index in [1.807, 2.05) is 45.1 Å². The van der Waals surface area contributed by atoms with Gasteiger partial charge in [-0.25, -0.2) is 0 Å². The number of aliphatic imine (C=N–C) groups is 2. The van der Waals surface area contributed by atoms with Crippen molar-refractivity contribution in [3.8, 4) is 0 Å². The molecule has 0 aromatic carbocycles. The molecule has 0 spiro atoms. The molecule has 0 unspecified atom stereocenters. The summed E-state index contributed by atoms with van der Waals surface area (Å²) in [7, 11) is 3.28. The first-order valence-corrected chi connectivity index (χ1v) is 15.0. The molecule has 6 nitrogen and oxygen atoms in total. The second-order valence-electron chi connectivity index (χ2n) is 10.1. The molecular weight excluding hydrogens is 524 g/mol. The molecule has 0 fully saturated rings. The summed E-state index contributed by atoms with van der Waals surface area (Å²) >= 11 is 0. The van der Waals surface area contributed by atoms with Crippen molar-refractivity contribution in [3.05, 3.63) is 73.8 Å². The molecule has 0 heterocycles. The Morgan fingerprint density at radius 3 is 1.76 bits per heavy atom. The van der Waals surface area contributed by atoms with Crippen molar-refractivity contribution in [2.45, 2.75) is 99.0 Å². The first kappa shape index (κ1) is 49.0. The summed E-state index contributed by atoms with van der Waals surface area (Å²) in [6.07, 6.45) is 20.2. The Hall–Kier alpha value is -2.70. The van der Waals surface area contributed by atoms with Crippen LogP contribution < -0.4 is 0 Å². The Morgan fingerprint density at radius 2 is 1.31 bits per heavy atom. The molecule has 246 valence electrons. The predicted octanol–water partition coefficient (Wildman–Crippen LogP) is 9.74. The monoisotopic (exact) mass is 593 g/mol. The van der Waals surface area contributed by atoms with E-state index in [1.165, 1.54) is 12.8 Å². The van der Waals surface area contributed by atoms with Crippen molar-refractivity contribution in [2.75, 3.05) is 40.5 Å². The van der Waals surface area contributed by atoms with Gasteiger partial charge < -0.3 is 29.3 Å². The highest BCUT2D eigenvalue weighted by molar-refractivity contribution is 5.22. The van der Waals surface area contributed by atoms with E-state index in [-0.39, 0.29) is 12.2 Å². The summed E-state index contributed by atoms with van der Waals surface area (Å²) < 4.78 is 16.9. The standard InChI is InChI=1S/C17H30O3.C12H22O.C3H6.2C2H5N/c1-5-10-16(11-6-2)19-14-7-8-15-20-17(3,4)12-9-13-18;1-5-8-12(4)13-10-7-6-9-11(2)3;3*1-3-2/h5-6,10-11,18H,1,7-9,12-15H2,2-4H3;5,8,11H,1,6-7,9-10H2,2-4H3;3H,1H2,2H3;2*1H2,2H3/b11-6-,16-10+;12-8+;;;. The number of allylic oxidation sites excluding steroid dienone is 8. The SMILES string of the molecule is C=C/C=C(\C)OCCCCC(C)C.C=C/C=C(\C=C/C)OCCCCOC(C)(C)CCCO.C=CC.C=NC.C=NC. The maximum absolute atomic E-state index is 8.82. The Kier molecular flexibility index (Phi) is 49.9. The summed E-state index contributed by atoms with van der Waals surface area (Å²) in [6, 6.07) is 0. The Morgan fingerprint density at radius 1 is 0.833 bits per heavy atom. The zero-order valence-corrected chi connectivity index (χ0v) is 29.0. The van der Waals surface area contributed by atoms with Gasteiger partial charge >= 0.3 is 0 Å². The van der Waals surface area contributed by atoms with Gasteiger partial charge in [-0.15, -0.1) is 6.58 Å². The van der Waals surface area contributed by atoms with Crippen molar-refractivity contribution < 1.29 is 19.3 Å². The number of unbranched alkanes of at least 4 members (excludes halogenated alkanes) is 2. The topological polar surface area (TPSA) is 72.6 Å². The third-order valence-corrected chi connectivity index (χ3v) is 4.71. The van der Waals surface area contributed by atoms with E-state index < -0.39 is 0 Å². The van der Waals surface area contributed by atoms with Gasteiger partial charge in [-0.1, -0.05) is 57.7 Å². The van der Waals surface area contributed by atoms with E-state index in [1.54, 1.807) is 32.3 Å². The number of aliphatic hydroxyl groups is 1. The molecule has 0 aromatic rings. The number of ether oxygens (including phenoxy) is 3. The maximum atomic E-state index is 8.82. The van der Waals surface area contributed by atoms with Crippen LogP contribution in [0, 0.1) is 5.92 Å². The Labute approximate surface area is 261 Å². The minimum Gasteiger partial charge on any atom is -0.498 e.